The third-order valence-corrected chi connectivity index (χ3v) is 4.35. The van der Waals surface area contributed by atoms with Gasteiger partial charge in [0.05, 0.1) is 30.2 Å². The fourth-order valence-corrected chi connectivity index (χ4v) is 3.16. The van der Waals surface area contributed by atoms with Gasteiger partial charge in [-0.15, -0.1) is 11.6 Å². The summed E-state index contributed by atoms with van der Waals surface area (Å²) in [5, 5.41) is 3.34. The van der Waals surface area contributed by atoms with Gasteiger partial charge in [-0.25, -0.2) is 4.79 Å². The van der Waals surface area contributed by atoms with Crippen LogP contribution in [0.4, 0.5) is 0 Å². The Bertz CT molecular complexity index is 413. The van der Waals surface area contributed by atoms with Gasteiger partial charge in [0.25, 0.3) is 0 Å². The Morgan fingerprint density at radius 1 is 1.35 bits per heavy atom. The Hall–Kier alpha value is -0.580. The van der Waals surface area contributed by atoms with Crippen LogP contribution in [0.1, 0.15) is 60.8 Å². The second-order valence-electron chi connectivity index (χ2n) is 7.09. The molecule has 0 saturated heterocycles. The van der Waals surface area contributed by atoms with Crippen LogP contribution in [0.2, 0.25) is 0 Å². The fraction of sp³-hybridized carbons (Fsp3) is 0.833. The summed E-state index contributed by atoms with van der Waals surface area (Å²) in [6.07, 6.45) is 4.20. The van der Waals surface area contributed by atoms with Crippen molar-refractivity contribution in [3.63, 3.8) is 0 Å². The third-order valence-electron chi connectivity index (χ3n) is 3.92. The van der Waals surface area contributed by atoms with E-state index in [0.717, 1.165) is 12.8 Å². The minimum absolute atomic E-state index is 0.0320. The maximum absolute atomic E-state index is 12.1. The first kappa shape index (κ1) is 20.5. The van der Waals surface area contributed by atoms with Crippen LogP contribution in [0.15, 0.2) is 11.6 Å². The van der Waals surface area contributed by atoms with Gasteiger partial charge in [-0.1, -0.05) is 13.8 Å². The second-order valence-corrected chi connectivity index (χ2v) is 7.65. The smallest absolute Gasteiger partial charge is 0.333 e. The van der Waals surface area contributed by atoms with Crippen LogP contribution in [0, 0.1) is 0 Å². The van der Waals surface area contributed by atoms with E-state index in [1.54, 1.807) is 0 Å². The van der Waals surface area contributed by atoms with Gasteiger partial charge >= 0.3 is 5.97 Å². The highest BCUT2D eigenvalue weighted by molar-refractivity contribution is 6.21. The number of rotatable bonds is 7. The molecule has 3 atom stereocenters. The predicted molar refractivity (Wildman–Crippen MR) is 94.9 cm³/mol. The minimum atomic E-state index is -0.287. The highest BCUT2D eigenvalue weighted by Gasteiger charge is 2.37. The molecule has 0 amide bonds. The van der Waals surface area contributed by atoms with E-state index in [-0.39, 0.29) is 35.1 Å². The third kappa shape index (κ3) is 6.44. The van der Waals surface area contributed by atoms with Gasteiger partial charge < -0.3 is 14.8 Å². The van der Waals surface area contributed by atoms with Gasteiger partial charge in [-0.2, -0.15) is 0 Å². The quantitative estimate of drug-likeness (QED) is 0.563. The lowest BCUT2D eigenvalue weighted by atomic mass is 9.90. The summed E-state index contributed by atoms with van der Waals surface area (Å²) in [7, 11) is 0. The number of halogens is 1. The molecule has 1 rings (SSSR count). The summed E-state index contributed by atoms with van der Waals surface area (Å²) in [5.74, 6) is -0.287. The lowest BCUT2D eigenvalue weighted by Gasteiger charge is -2.39. The van der Waals surface area contributed by atoms with Gasteiger partial charge in [0.2, 0.25) is 0 Å². The normalized spacial score (nSPS) is 25.4. The van der Waals surface area contributed by atoms with Crippen molar-refractivity contribution in [1.29, 1.82) is 0 Å². The van der Waals surface area contributed by atoms with E-state index in [0.29, 0.717) is 18.6 Å². The van der Waals surface area contributed by atoms with Crippen LogP contribution in [0.25, 0.3) is 0 Å². The summed E-state index contributed by atoms with van der Waals surface area (Å²) in [6, 6.07) is -0.0320. The Labute approximate surface area is 145 Å². The molecule has 134 valence electrons. The van der Waals surface area contributed by atoms with Crippen LogP contribution < -0.4 is 5.32 Å². The Morgan fingerprint density at radius 3 is 2.43 bits per heavy atom. The number of alkyl halides is 1. The largest absolute Gasteiger partial charge is 0.463 e. The van der Waals surface area contributed by atoms with Gasteiger partial charge in [0.15, 0.2) is 0 Å². The zero-order chi connectivity index (χ0) is 17.6. The highest BCUT2D eigenvalue weighted by atomic mass is 35.5. The zero-order valence-corrected chi connectivity index (χ0v) is 16.1. The molecule has 1 aliphatic rings. The molecule has 0 aromatic carbocycles. The van der Waals surface area contributed by atoms with Crippen molar-refractivity contribution >= 4 is 17.6 Å². The van der Waals surface area contributed by atoms with Crippen LogP contribution in [-0.2, 0) is 14.3 Å². The Balaban J connectivity index is 3.02. The average Bonchev–Trinajstić information content (AvgIpc) is 2.46. The molecular formula is C18H32ClNO3. The van der Waals surface area contributed by atoms with Crippen LogP contribution in [-0.4, -0.2) is 41.7 Å². The molecule has 0 spiro atoms. The van der Waals surface area contributed by atoms with Crippen molar-refractivity contribution in [2.75, 3.05) is 6.61 Å². The van der Waals surface area contributed by atoms with Crippen LogP contribution >= 0.6 is 11.6 Å². The second kappa shape index (κ2) is 9.05. The summed E-state index contributed by atoms with van der Waals surface area (Å²) in [4.78, 5) is 12.1. The summed E-state index contributed by atoms with van der Waals surface area (Å²) >= 11 is 6.60. The molecule has 23 heavy (non-hydrogen) atoms. The molecule has 0 bridgehead atoms. The molecule has 1 N–H and O–H groups in total. The number of nitrogens with one attached hydrogen (secondary N) is 1. The Kier molecular flexibility index (Phi) is 8.05. The molecule has 0 aromatic heterocycles. The summed E-state index contributed by atoms with van der Waals surface area (Å²) < 4.78 is 11.4. The van der Waals surface area contributed by atoms with E-state index in [4.69, 9.17) is 21.1 Å². The molecule has 0 fully saturated rings. The first-order valence-electron chi connectivity index (χ1n) is 8.66. The molecule has 0 saturated carbocycles. The lowest BCUT2D eigenvalue weighted by Crippen LogP contribution is -2.56. The number of hydrogen-bond acceptors (Lipinski definition) is 4. The molecule has 0 aromatic rings. The van der Waals surface area contributed by atoms with Crippen molar-refractivity contribution < 1.29 is 14.3 Å². The monoisotopic (exact) mass is 345 g/mol. The fourth-order valence-electron chi connectivity index (χ4n) is 2.79. The lowest BCUT2D eigenvalue weighted by molar-refractivity contribution is -0.139. The van der Waals surface area contributed by atoms with E-state index >= 15 is 0 Å². The van der Waals surface area contributed by atoms with E-state index in [2.05, 4.69) is 39.9 Å². The molecule has 0 unspecified atom stereocenters. The van der Waals surface area contributed by atoms with E-state index in [1.165, 1.54) is 0 Å². The number of esters is 1. The summed E-state index contributed by atoms with van der Waals surface area (Å²) in [5.41, 5.74) is 0.539. The van der Waals surface area contributed by atoms with Crippen molar-refractivity contribution in [2.24, 2.45) is 0 Å². The molecule has 0 heterocycles. The Morgan fingerprint density at radius 2 is 1.96 bits per heavy atom. The van der Waals surface area contributed by atoms with Gasteiger partial charge in [0, 0.05) is 11.1 Å². The average molecular weight is 346 g/mol. The zero-order valence-electron chi connectivity index (χ0n) is 15.3. The number of carbonyl (C=O) groups is 1. The van der Waals surface area contributed by atoms with E-state index in [9.17, 15) is 4.79 Å². The first-order chi connectivity index (χ1) is 10.7. The maximum Gasteiger partial charge on any atom is 0.333 e. The van der Waals surface area contributed by atoms with Gasteiger partial charge in [-0.3, -0.25) is 0 Å². The first-order valence-corrected chi connectivity index (χ1v) is 9.10. The van der Waals surface area contributed by atoms with Crippen molar-refractivity contribution in [3.05, 3.63) is 11.6 Å². The molecule has 5 heteroatoms. The standard InChI is InChI=1S/C18H32ClNO3/c1-7-13(8-2)23-15-11-12(17(21)22-9-3)10-14(19)16(15)20-18(4,5)6/h11,13-16,20H,7-10H2,1-6H3/t14-,15+,16+/m0/s1. The number of hydrogen-bond donors (Lipinski definition) is 1. The van der Waals surface area contributed by atoms with E-state index in [1.807, 2.05) is 13.0 Å². The minimum Gasteiger partial charge on any atom is -0.463 e. The topological polar surface area (TPSA) is 47.6 Å². The van der Waals surface area contributed by atoms with Crippen LogP contribution in [0.5, 0.6) is 0 Å². The molecule has 4 nitrogen and oxygen atoms in total. The molecule has 1 aliphatic carbocycles. The highest BCUT2D eigenvalue weighted by Crippen LogP contribution is 2.29. The predicted octanol–water partition coefficient (Wildman–Crippen LogP) is 3.82. The SMILES string of the molecule is CCOC(=O)C1=C[C@@H](OC(CC)CC)[C@H](NC(C)(C)C)[C@@H](Cl)C1. The molecule has 0 aliphatic heterocycles. The van der Waals surface area contributed by atoms with Gasteiger partial charge in [0.1, 0.15) is 0 Å². The maximum atomic E-state index is 12.1. The number of carbonyl (C=O) groups excluding carboxylic acids is 1. The molecule has 0 radical (unpaired) electrons. The van der Waals surface area contributed by atoms with Crippen molar-refractivity contribution in [1.82, 2.24) is 5.32 Å². The van der Waals surface area contributed by atoms with Gasteiger partial charge in [-0.05, 0) is 53.0 Å². The van der Waals surface area contributed by atoms with Crippen molar-refractivity contribution in [3.8, 4) is 0 Å². The van der Waals surface area contributed by atoms with E-state index < -0.39 is 0 Å². The number of ether oxygens (including phenoxy) is 2. The van der Waals surface area contributed by atoms with Crippen LogP contribution in [0.3, 0.4) is 0 Å². The molecular weight excluding hydrogens is 314 g/mol. The summed E-state index contributed by atoms with van der Waals surface area (Å²) in [6.45, 7) is 12.7. The van der Waals surface area contributed by atoms with Crippen molar-refractivity contribution in [2.45, 2.75) is 90.0 Å².